The Labute approximate surface area is 105 Å². The van der Waals surface area contributed by atoms with Crippen molar-refractivity contribution in [2.45, 2.75) is 20.3 Å². The number of terminal acetylenes is 1. The van der Waals surface area contributed by atoms with Crippen LogP contribution >= 0.6 is 0 Å². The Balaban J connectivity index is 2.59. The minimum Gasteiger partial charge on any atom is -0.481 e. The molecule has 0 N–H and O–H groups in total. The molecule has 3 nitrogen and oxygen atoms in total. The lowest BCUT2D eigenvalue weighted by Gasteiger charge is -2.07. The van der Waals surface area contributed by atoms with Gasteiger partial charge < -0.3 is 9.15 Å². The molecule has 2 aromatic rings. The van der Waals surface area contributed by atoms with E-state index in [4.69, 9.17) is 15.6 Å². The molecular formula is C15H14O3. The maximum Gasteiger partial charge on any atom is 0.339 e. The fraction of sp³-hybridized carbons (Fsp3) is 0.267. The highest BCUT2D eigenvalue weighted by molar-refractivity contribution is 5.82. The number of hydrogen-bond acceptors (Lipinski definition) is 3. The maximum absolute atomic E-state index is 11.8. The molecule has 0 bridgehead atoms. The Morgan fingerprint density at radius 1 is 1.44 bits per heavy atom. The first-order valence-electron chi connectivity index (χ1n) is 5.80. The Kier molecular flexibility index (Phi) is 3.38. The molecule has 1 aromatic heterocycles. The normalized spacial score (nSPS) is 10.3. The van der Waals surface area contributed by atoms with E-state index in [1.165, 1.54) is 0 Å². The average molecular weight is 242 g/mol. The molecule has 0 atom stereocenters. The molecular weight excluding hydrogens is 228 g/mol. The van der Waals surface area contributed by atoms with Gasteiger partial charge in [0.2, 0.25) is 0 Å². The molecule has 18 heavy (non-hydrogen) atoms. The molecule has 0 saturated carbocycles. The van der Waals surface area contributed by atoms with E-state index < -0.39 is 0 Å². The average Bonchev–Trinajstić information content (AvgIpc) is 2.36. The molecule has 0 radical (unpaired) electrons. The summed E-state index contributed by atoms with van der Waals surface area (Å²) in [5.74, 6) is 2.99. The number of fused-ring (bicyclic) bond motifs is 1. The summed E-state index contributed by atoms with van der Waals surface area (Å²) < 4.78 is 10.6. The van der Waals surface area contributed by atoms with Crippen LogP contribution in [0, 0.1) is 19.3 Å². The number of aryl methyl sites for hydroxylation is 1. The first kappa shape index (κ1) is 12.3. The van der Waals surface area contributed by atoms with Crippen LogP contribution in [0.1, 0.15) is 18.1 Å². The second-order valence-electron chi connectivity index (χ2n) is 4.00. The van der Waals surface area contributed by atoms with Gasteiger partial charge in [0.1, 0.15) is 17.9 Å². The van der Waals surface area contributed by atoms with Gasteiger partial charge in [-0.1, -0.05) is 12.8 Å². The minimum atomic E-state index is -0.281. The molecule has 0 spiro atoms. The fourth-order valence-corrected chi connectivity index (χ4v) is 2.00. The Hall–Kier alpha value is -2.21. The molecule has 0 aliphatic carbocycles. The van der Waals surface area contributed by atoms with Crippen LogP contribution in [0.4, 0.5) is 0 Å². The smallest absolute Gasteiger partial charge is 0.339 e. The first-order chi connectivity index (χ1) is 8.67. The zero-order valence-electron chi connectivity index (χ0n) is 10.4. The van der Waals surface area contributed by atoms with Gasteiger partial charge in [0.05, 0.1) is 0 Å². The summed E-state index contributed by atoms with van der Waals surface area (Å²) in [4.78, 5) is 11.8. The molecule has 2 rings (SSSR count). The van der Waals surface area contributed by atoms with Gasteiger partial charge in [-0.25, -0.2) is 4.79 Å². The maximum atomic E-state index is 11.8. The summed E-state index contributed by atoms with van der Waals surface area (Å²) in [5, 5.41) is 0.930. The highest BCUT2D eigenvalue weighted by Gasteiger charge is 2.10. The number of rotatable bonds is 3. The van der Waals surface area contributed by atoms with Crippen molar-refractivity contribution in [3.8, 4) is 18.1 Å². The predicted octanol–water partition coefficient (Wildman–Crippen LogP) is 2.68. The Morgan fingerprint density at radius 2 is 2.22 bits per heavy atom. The van der Waals surface area contributed by atoms with Crippen molar-refractivity contribution in [2.75, 3.05) is 6.61 Å². The van der Waals surface area contributed by atoms with Gasteiger partial charge >= 0.3 is 5.63 Å². The number of benzene rings is 1. The van der Waals surface area contributed by atoms with Crippen LogP contribution in [0.25, 0.3) is 11.0 Å². The summed E-state index contributed by atoms with van der Waals surface area (Å²) in [6.07, 6.45) is 5.79. The molecule has 0 aliphatic heterocycles. The second-order valence-corrected chi connectivity index (χ2v) is 4.00. The monoisotopic (exact) mass is 242 g/mol. The van der Waals surface area contributed by atoms with Crippen LogP contribution in [0.5, 0.6) is 5.75 Å². The molecule has 1 heterocycles. The van der Waals surface area contributed by atoms with Crippen molar-refractivity contribution in [1.29, 1.82) is 0 Å². The van der Waals surface area contributed by atoms with Gasteiger partial charge in [0.15, 0.2) is 0 Å². The van der Waals surface area contributed by atoms with Gasteiger partial charge in [0, 0.05) is 17.0 Å². The zero-order chi connectivity index (χ0) is 13.1. The van der Waals surface area contributed by atoms with E-state index >= 15 is 0 Å². The third-order valence-corrected chi connectivity index (χ3v) is 2.93. The standard InChI is InChI=1S/C15H14O3/c1-4-8-17-11-6-7-13-10(3)12(5-2)15(16)18-14(13)9-11/h1,6-7,9H,5,8H2,2-3H3. The SMILES string of the molecule is C#CCOc1ccc2c(C)c(CC)c(=O)oc2c1. The highest BCUT2D eigenvalue weighted by atomic mass is 16.5. The lowest BCUT2D eigenvalue weighted by molar-refractivity contribution is 0.370. The van der Waals surface area contributed by atoms with E-state index in [0.29, 0.717) is 17.8 Å². The summed E-state index contributed by atoms with van der Waals surface area (Å²) in [6.45, 7) is 4.07. The third-order valence-electron chi connectivity index (χ3n) is 2.93. The minimum absolute atomic E-state index is 0.196. The number of ether oxygens (including phenoxy) is 1. The van der Waals surface area contributed by atoms with Crippen LogP contribution < -0.4 is 10.4 Å². The highest BCUT2D eigenvalue weighted by Crippen LogP contribution is 2.24. The largest absolute Gasteiger partial charge is 0.481 e. The molecule has 1 aromatic carbocycles. The van der Waals surface area contributed by atoms with Gasteiger partial charge in [-0.15, -0.1) is 6.42 Å². The first-order valence-corrected chi connectivity index (χ1v) is 5.80. The summed E-state index contributed by atoms with van der Waals surface area (Å²) >= 11 is 0. The lowest BCUT2D eigenvalue weighted by Crippen LogP contribution is -2.09. The third kappa shape index (κ3) is 2.10. The van der Waals surface area contributed by atoms with Gasteiger partial charge in [-0.3, -0.25) is 0 Å². The quantitative estimate of drug-likeness (QED) is 0.613. The van der Waals surface area contributed by atoms with Crippen molar-refractivity contribution in [1.82, 2.24) is 0 Å². The van der Waals surface area contributed by atoms with Gasteiger partial charge in [0.25, 0.3) is 0 Å². The van der Waals surface area contributed by atoms with Crippen LogP contribution in [0.3, 0.4) is 0 Å². The molecule has 0 aliphatic rings. The van der Waals surface area contributed by atoms with E-state index in [1.54, 1.807) is 6.07 Å². The summed E-state index contributed by atoms with van der Waals surface area (Å²) in [5.41, 5.74) is 1.94. The summed E-state index contributed by atoms with van der Waals surface area (Å²) in [6, 6.07) is 5.41. The Morgan fingerprint density at radius 3 is 2.89 bits per heavy atom. The van der Waals surface area contributed by atoms with Crippen LogP contribution in [-0.2, 0) is 6.42 Å². The van der Waals surface area contributed by atoms with E-state index in [9.17, 15) is 4.79 Å². The molecule has 0 unspecified atom stereocenters. The van der Waals surface area contributed by atoms with Gasteiger partial charge in [-0.05, 0) is 31.0 Å². The lowest BCUT2D eigenvalue weighted by atomic mass is 10.0. The molecule has 92 valence electrons. The topological polar surface area (TPSA) is 39.4 Å². The van der Waals surface area contributed by atoms with Crippen LogP contribution in [0.2, 0.25) is 0 Å². The van der Waals surface area contributed by atoms with Crippen molar-refractivity contribution in [2.24, 2.45) is 0 Å². The van der Waals surface area contributed by atoms with Crippen molar-refractivity contribution < 1.29 is 9.15 Å². The van der Waals surface area contributed by atoms with E-state index in [0.717, 1.165) is 16.5 Å². The molecule has 0 saturated heterocycles. The van der Waals surface area contributed by atoms with Crippen molar-refractivity contribution in [3.63, 3.8) is 0 Å². The fourth-order valence-electron chi connectivity index (χ4n) is 2.00. The molecule has 0 amide bonds. The second kappa shape index (κ2) is 4.97. The van der Waals surface area contributed by atoms with Gasteiger partial charge in [-0.2, -0.15) is 0 Å². The molecule has 0 fully saturated rings. The van der Waals surface area contributed by atoms with E-state index in [2.05, 4.69) is 5.92 Å². The number of hydrogen-bond donors (Lipinski definition) is 0. The van der Waals surface area contributed by atoms with Crippen molar-refractivity contribution >= 4 is 11.0 Å². The van der Waals surface area contributed by atoms with E-state index in [-0.39, 0.29) is 12.2 Å². The zero-order valence-corrected chi connectivity index (χ0v) is 10.4. The van der Waals surface area contributed by atoms with Crippen molar-refractivity contribution in [3.05, 3.63) is 39.7 Å². The summed E-state index contributed by atoms with van der Waals surface area (Å²) in [7, 11) is 0. The van der Waals surface area contributed by atoms with Crippen LogP contribution in [0.15, 0.2) is 27.4 Å². The molecule has 3 heteroatoms. The Bertz CT molecular complexity index is 674. The predicted molar refractivity (Wildman–Crippen MR) is 70.9 cm³/mol. The van der Waals surface area contributed by atoms with Crippen LogP contribution in [-0.4, -0.2) is 6.61 Å². The van der Waals surface area contributed by atoms with E-state index in [1.807, 2.05) is 26.0 Å².